The van der Waals surface area contributed by atoms with E-state index in [1.54, 1.807) is 24.5 Å². The third-order valence-corrected chi connectivity index (χ3v) is 5.39. The topological polar surface area (TPSA) is 87.5 Å². The van der Waals surface area contributed by atoms with Crippen LogP contribution in [0.4, 0.5) is 0 Å². The number of aromatic nitrogens is 1. The van der Waals surface area contributed by atoms with Crippen molar-refractivity contribution >= 4 is 10.1 Å². The van der Waals surface area contributed by atoms with Crippen molar-refractivity contribution < 1.29 is 18.1 Å². The molecule has 0 aliphatic rings. The molecule has 0 radical (unpaired) electrons. The molecule has 2 aromatic rings. The number of nitrogens with zero attached hydrogens (tertiary/aromatic N) is 1. The zero-order valence-corrected chi connectivity index (χ0v) is 20.4. The van der Waals surface area contributed by atoms with Crippen molar-refractivity contribution in [3.63, 3.8) is 0 Å². The molecule has 0 bridgehead atoms. The predicted octanol–water partition coefficient (Wildman–Crippen LogP) is 6.23. The summed E-state index contributed by atoms with van der Waals surface area (Å²) < 4.78 is 29.6. The van der Waals surface area contributed by atoms with Gasteiger partial charge < -0.3 is 5.11 Å². The molecule has 0 fully saturated rings. The molecule has 1 aromatic carbocycles. The number of rotatable bonds is 11. The fourth-order valence-electron chi connectivity index (χ4n) is 2.71. The number of pyridine rings is 1. The van der Waals surface area contributed by atoms with E-state index in [1.165, 1.54) is 63.5 Å². The van der Waals surface area contributed by atoms with Crippen LogP contribution in [0.5, 0.6) is 0 Å². The van der Waals surface area contributed by atoms with E-state index in [-0.39, 0.29) is 4.90 Å². The summed E-state index contributed by atoms with van der Waals surface area (Å²) in [5, 5.41) is 8.60. The first kappa shape index (κ1) is 29.8. The molecule has 0 saturated carbocycles. The molecule has 5 nitrogen and oxygen atoms in total. The largest absolute Gasteiger partial charge is 0.396 e. The van der Waals surface area contributed by atoms with Gasteiger partial charge in [0, 0.05) is 25.4 Å². The van der Waals surface area contributed by atoms with Crippen LogP contribution in [-0.2, 0) is 10.1 Å². The maximum absolute atomic E-state index is 10.5. The monoisotopic (exact) mass is 461 g/mol. The summed E-state index contributed by atoms with van der Waals surface area (Å²) in [6.07, 6.45) is 16.1. The molecule has 0 aliphatic heterocycles. The third-order valence-electron chi connectivity index (χ3n) is 4.52. The molecule has 0 atom stereocenters. The van der Waals surface area contributed by atoms with Crippen molar-refractivity contribution in [3.8, 4) is 11.8 Å². The summed E-state index contributed by atoms with van der Waals surface area (Å²) >= 11 is 0. The second kappa shape index (κ2) is 20.7. The Kier molecular flexibility index (Phi) is 19.3. The first-order chi connectivity index (χ1) is 15.4. The van der Waals surface area contributed by atoms with Crippen LogP contribution in [0.15, 0.2) is 59.8 Å². The van der Waals surface area contributed by atoms with Crippen LogP contribution in [0.1, 0.15) is 76.7 Å². The molecule has 6 heteroatoms. The van der Waals surface area contributed by atoms with E-state index in [0.29, 0.717) is 6.61 Å². The molecule has 1 aromatic heterocycles. The van der Waals surface area contributed by atoms with Gasteiger partial charge in [0.1, 0.15) is 0 Å². The highest BCUT2D eigenvalue weighted by Crippen LogP contribution is 2.10. The van der Waals surface area contributed by atoms with Gasteiger partial charge in [-0.2, -0.15) is 8.42 Å². The van der Waals surface area contributed by atoms with Gasteiger partial charge in [0.15, 0.2) is 0 Å². The predicted molar refractivity (Wildman–Crippen MR) is 132 cm³/mol. The molecule has 2 N–H and O–H groups in total. The summed E-state index contributed by atoms with van der Waals surface area (Å²) in [4.78, 5) is 3.72. The number of aliphatic hydroxyl groups is 1. The van der Waals surface area contributed by atoms with E-state index in [4.69, 9.17) is 9.66 Å². The maximum Gasteiger partial charge on any atom is 0.294 e. The Balaban J connectivity index is 0.000000489. The van der Waals surface area contributed by atoms with Gasteiger partial charge in [-0.25, -0.2) is 0 Å². The fraction of sp³-hybridized carbons (Fsp3) is 0.500. The molecule has 2 rings (SSSR count). The lowest BCUT2D eigenvalue weighted by molar-refractivity contribution is 0.282. The van der Waals surface area contributed by atoms with Crippen molar-refractivity contribution in [2.45, 2.75) is 83.0 Å². The standard InChI is InChI=1S/C14H26O.C7H8O3S.C5H5N/c1-2-3-4-5-6-7-8-9-10-11-12-13-14-15;1-6-2-4-7(5-3-6)11(8,9)10;1-2-4-6-5-3-1/h15H,4-14H2,1H3;2-5H,1H3,(H,8,9,10);1-5H. The molecule has 0 saturated heterocycles. The minimum atomic E-state index is -4.02. The van der Waals surface area contributed by atoms with Crippen LogP contribution in [-0.4, -0.2) is 29.7 Å². The van der Waals surface area contributed by atoms with E-state index in [9.17, 15) is 8.42 Å². The van der Waals surface area contributed by atoms with Crippen molar-refractivity contribution in [2.24, 2.45) is 0 Å². The molecule has 0 aliphatic carbocycles. The number of hydrogen-bond acceptors (Lipinski definition) is 4. The van der Waals surface area contributed by atoms with Crippen LogP contribution in [0.25, 0.3) is 0 Å². The zero-order chi connectivity index (χ0) is 23.9. The molecule has 0 spiro atoms. The zero-order valence-electron chi connectivity index (χ0n) is 19.5. The number of aliphatic hydroxyl groups excluding tert-OH is 1. The first-order valence-electron chi connectivity index (χ1n) is 11.3. The minimum absolute atomic E-state index is 0.0666. The van der Waals surface area contributed by atoms with Gasteiger partial charge in [-0.1, -0.05) is 68.7 Å². The summed E-state index contributed by atoms with van der Waals surface area (Å²) in [7, 11) is -4.02. The van der Waals surface area contributed by atoms with Crippen molar-refractivity contribution in [3.05, 3.63) is 60.4 Å². The molecular formula is C26H39NO4S. The SMILES string of the molecule is CC#CCCCCCCCCCCCO.Cc1ccc(S(=O)(=O)O)cc1.c1ccncc1. The maximum atomic E-state index is 10.5. The molecule has 32 heavy (non-hydrogen) atoms. The van der Waals surface area contributed by atoms with E-state index in [1.807, 2.05) is 32.0 Å². The number of aryl methyl sites for hydroxylation is 1. The molecule has 178 valence electrons. The van der Waals surface area contributed by atoms with Gasteiger partial charge in [-0.3, -0.25) is 9.54 Å². The number of benzene rings is 1. The quantitative estimate of drug-likeness (QED) is 0.235. The van der Waals surface area contributed by atoms with E-state index < -0.39 is 10.1 Å². The number of unbranched alkanes of at least 4 members (excludes halogenated alkanes) is 9. The van der Waals surface area contributed by atoms with E-state index >= 15 is 0 Å². The van der Waals surface area contributed by atoms with Gasteiger partial charge in [0.05, 0.1) is 4.90 Å². The third kappa shape index (κ3) is 19.7. The highest BCUT2D eigenvalue weighted by Gasteiger charge is 2.06. The Labute approximate surface area is 195 Å². The Hall–Kier alpha value is -2.20. The Morgan fingerprint density at radius 2 is 1.31 bits per heavy atom. The van der Waals surface area contributed by atoms with Crippen LogP contribution in [0, 0.1) is 18.8 Å². The van der Waals surface area contributed by atoms with Gasteiger partial charge in [0.2, 0.25) is 0 Å². The van der Waals surface area contributed by atoms with Gasteiger partial charge >= 0.3 is 0 Å². The van der Waals surface area contributed by atoms with Crippen LogP contribution in [0.2, 0.25) is 0 Å². The Morgan fingerprint density at radius 1 is 0.812 bits per heavy atom. The van der Waals surface area contributed by atoms with Crippen LogP contribution in [0.3, 0.4) is 0 Å². The van der Waals surface area contributed by atoms with Crippen LogP contribution < -0.4 is 0 Å². The second-order valence-electron chi connectivity index (χ2n) is 7.40. The van der Waals surface area contributed by atoms with Gasteiger partial charge in [-0.15, -0.1) is 11.8 Å². The van der Waals surface area contributed by atoms with E-state index in [0.717, 1.165) is 18.4 Å². The minimum Gasteiger partial charge on any atom is -0.396 e. The molecule has 0 unspecified atom stereocenters. The molecule has 1 heterocycles. The van der Waals surface area contributed by atoms with Gasteiger partial charge in [0.25, 0.3) is 10.1 Å². The summed E-state index contributed by atoms with van der Waals surface area (Å²) in [6.45, 7) is 4.11. The Morgan fingerprint density at radius 3 is 1.69 bits per heavy atom. The summed E-state index contributed by atoms with van der Waals surface area (Å²) in [5.74, 6) is 6.03. The highest BCUT2D eigenvalue weighted by molar-refractivity contribution is 7.85. The van der Waals surface area contributed by atoms with Crippen LogP contribution >= 0.6 is 0 Å². The van der Waals surface area contributed by atoms with Crippen molar-refractivity contribution in [2.75, 3.05) is 6.61 Å². The molecule has 0 amide bonds. The average Bonchev–Trinajstić information content (AvgIpc) is 2.79. The van der Waals surface area contributed by atoms with Crippen molar-refractivity contribution in [1.82, 2.24) is 4.98 Å². The van der Waals surface area contributed by atoms with Crippen molar-refractivity contribution in [1.29, 1.82) is 0 Å². The molecular weight excluding hydrogens is 422 g/mol. The smallest absolute Gasteiger partial charge is 0.294 e. The number of hydrogen-bond donors (Lipinski definition) is 2. The highest BCUT2D eigenvalue weighted by atomic mass is 32.2. The van der Waals surface area contributed by atoms with E-state index in [2.05, 4.69) is 16.8 Å². The average molecular weight is 462 g/mol. The fourth-order valence-corrected chi connectivity index (χ4v) is 3.19. The lowest BCUT2D eigenvalue weighted by Gasteiger charge is -2.00. The lowest BCUT2D eigenvalue weighted by atomic mass is 10.1. The first-order valence-corrected chi connectivity index (χ1v) is 12.8. The lowest BCUT2D eigenvalue weighted by Crippen LogP contribution is -1.96. The normalized spacial score (nSPS) is 10.0. The Bertz CT molecular complexity index is 799. The second-order valence-corrected chi connectivity index (χ2v) is 8.82. The summed E-state index contributed by atoms with van der Waals surface area (Å²) in [6, 6.07) is 11.7. The summed E-state index contributed by atoms with van der Waals surface area (Å²) in [5.41, 5.74) is 0.956. The van der Waals surface area contributed by atoms with Gasteiger partial charge in [-0.05, 0) is 51.0 Å².